The Kier molecular flexibility index (Phi) is 6.32. The fraction of sp³-hybridized carbons (Fsp3) is 0.522. The van der Waals surface area contributed by atoms with Gasteiger partial charge in [0.1, 0.15) is 5.69 Å². The van der Waals surface area contributed by atoms with Gasteiger partial charge >= 0.3 is 6.18 Å². The van der Waals surface area contributed by atoms with Crippen molar-refractivity contribution < 1.29 is 26.4 Å². The van der Waals surface area contributed by atoms with Gasteiger partial charge < -0.3 is 9.47 Å². The fourth-order valence-corrected chi connectivity index (χ4v) is 6.54. The molecule has 1 aromatic carbocycles. The molecule has 0 saturated carbocycles. The van der Waals surface area contributed by atoms with E-state index in [1.807, 2.05) is 7.05 Å². The van der Waals surface area contributed by atoms with Crippen molar-refractivity contribution in [3.63, 3.8) is 0 Å². The average Bonchev–Trinajstić information content (AvgIpc) is 3.22. The molecule has 1 amide bonds. The molecule has 7 nitrogen and oxygen atoms in total. The molecule has 1 spiro atoms. The van der Waals surface area contributed by atoms with E-state index < -0.39 is 27.4 Å². The van der Waals surface area contributed by atoms with Crippen molar-refractivity contribution in [2.45, 2.75) is 49.8 Å². The number of hydrogen-bond acceptors (Lipinski definition) is 4. The molecule has 4 rings (SSSR count). The number of halogens is 3. The lowest BCUT2D eigenvalue weighted by atomic mass is 9.81. The first-order valence-electron chi connectivity index (χ1n) is 11.3. The summed E-state index contributed by atoms with van der Waals surface area (Å²) in [6.45, 7) is 5.17. The maximum Gasteiger partial charge on any atom is 0.431 e. The molecule has 0 bridgehead atoms. The van der Waals surface area contributed by atoms with E-state index >= 15 is 0 Å². The first-order chi connectivity index (χ1) is 15.9. The lowest BCUT2D eigenvalue weighted by molar-refractivity contribution is -0.144. The molecule has 2 aliphatic rings. The number of hydrogen-bond donors (Lipinski definition) is 1. The minimum atomic E-state index is -4.41. The predicted molar refractivity (Wildman–Crippen MR) is 121 cm³/mol. The molecule has 1 aromatic heterocycles. The first kappa shape index (κ1) is 24.7. The number of nitrogens with zero attached hydrogens (tertiary/aromatic N) is 3. The Bertz CT molecular complexity index is 1200. The first-order valence-corrected chi connectivity index (χ1v) is 12.8. The van der Waals surface area contributed by atoms with E-state index in [0.29, 0.717) is 49.3 Å². The Morgan fingerprint density at radius 2 is 1.76 bits per heavy atom. The van der Waals surface area contributed by atoms with E-state index in [2.05, 4.69) is 9.62 Å². The van der Waals surface area contributed by atoms with Crippen LogP contribution in [0.4, 0.5) is 13.2 Å². The normalized spacial score (nSPS) is 18.8. The number of fused-ring (bicyclic) bond motifs is 2. The summed E-state index contributed by atoms with van der Waals surface area (Å²) in [5.41, 5.74) is 0.331. The van der Waals surface area contributed by atoms with Gasteiger partial charge in [-0.25, -0.2) is 13.1 Å². The van der Waals surface area contributed by atoms with Crippen LogP contribution in [-0.2, 0) is 28.3 Å². The number of nitrogens with one attached hydrogen (secondary N) is 1. The molecule has 1 saturated heterocycles. The van der Waals surface area contributed by atoms with E-state index in [9.17, 15) is 26.4 Å². The maximum absolute atomic E-state index is 13.5. The number of likely N-dealkylation sites (N-methyl/N-ethyl adjacent to an activating group) is 1. The molecule has 3 heterocycles. The molecule has 186 valence electrons. The number of rotatable bonds is 4. The number of aryl methyl sites for hydroxylation is 1. The van der Waals surface area contributed by atoms with Crippen molar-refractivity contribution in [2.24, 2.45) is 0 Å². The zero-order valence-corrected chi connectivity index (χ0v) is 20.3. The molecule has 0 radical (unpaired) electrons. The zero-order chi connectivity index (χ0) is 24.9. The van der Waals surface area contributed by atoms with Gasteiger partial charge in [-0.15, -0.1) is 0 Å². The highest BCUT2D eigenvalue weighted by molar-refractivity contribution is 7.89. The second kappa shape index (κ2) is 8.69. The molecular formula is C23H29F3N4O3S. The molecule has 1 fully saturated rings. The largest absolute Gasteiger partial charge is 0.431 e. The third-order valence-electron chi connectivity index (χ3n) is 7.06. The lowest BCUT2D eigenvalue weighted by Crippen LogP contribution is -2.56. The minimum Gasteiger partial charge on any atom is -0.338 e. The third kappa shape index (κ3) is 4.14. The number of carbonyl (C=O) groups excluding carboxylic acids is 1. The number of piperidine rings is 1. The standard InChI is InChI=1S/C23H29F3N4O3S/c1-4-27-34(32,33)18-6-5-17(15-16(18)2)21(31)29-11-9-22(10-12-29)19-7-8-20(23(24,25)26)30(19)14-13-28(22)3/h5-8,15,27H,4,9-14H2,1-3H3. The molecule has 2 aliphatic heterocycles. The van der Waals surface area contributed by atoms with Gasteiger partial charge in [-0.05, 0) is 62.7 Å². The van der Waals surface area contributed by atoms with Crippen molar-refractivity contribution in [1.29, 1.82) is 0 Å². The second-order valence-corrected chi connectivity index (χ2v) is 10.7. The Morgan fingerprint density at radius 3 is 2.35 bits per heavy atom. The third-order valence-corrected chi connectivity index (χ3v) is 8.77. The van der Waals surface area contributed by atoms with E-state index in [1.165, 1.54) is 16.7 Å². The summed E-state index contributed by atoms with van der Waals surface area (Å²) in [7, 11) is -1.71. The van der Waals surface area contributed by atoms with Gasteiger partial charge in [0.15, 0.2) is 0 Å². The summed E-state index contributed by atoms with van der Waals surface area (Å²) in [6.07, 6.45) is -3.37. The van der Waals surface area contributed by atoms with E-state index in [4.69, 9.17) is 0 Å². The summed E-state index contributed by atoms with van der Waals surface area (Å²) in [4.78, 5) is 17.1. The van der Waals surface area contributed by atoms with Gasteiger partial charge in [0.05, 0.1) is 10.4 Å². The van der Waals surface area contributed by atoms with Crippen LogP contribution in [0.25, 0.3) is 0 Å². The molecule has 34 heavy (non-hydrogen) atoms. The van der Waals surface area contributed by atoms with Crippen LogP contribution in [0.3, 0.4) is 0 Å². The maximum atomic E-state index is 13.5. The molecule has 0 aliphatic carbocycles. The highest BCUT2D eigenvalue weighted by Crippen LogP contribution is 2.44. The molecule has 0 atom stereocenters. The van der Waals surface area contributed by atoms with Gasteiger partial charge in [0.25, 0.3) is 5.91 Å². The van der Waals surface area contributed by atoms with Gasteiger partial charge in [-0.3, -0.25) is 9.69 Å². The Morgan fingerprint density at radius 1 is 1.09 bits per heavy atom. The van der Waals surface area contributed by atoms with Crippen molar-refractivity contribution in [2.75, 3.05) is 33.2 Å². The van der Waals surface area contributed by atoms with E-state index in [-0.39, 0.29) is 23.9 Å². The van der Waals surface area contributed by atoms with Gasteiger partial charge in [-0.2, -0.15) is 13.2 Å². The summed E-state index contributed by atoms with van der Waals surface area (Å²) in [5, 5.41) is 0. The number of aromatic nitrogens is 1. The second-order valence-electron chi connectivity index (χ2n) is 8.98. The molecule has 0 unspecified atom stereocenters. The summed E-state index contributed by atoms with van der Waals surface area (Å²) < 4.78 is 68.9. The van der Waals surface area contributed by atoms with E-state index in [0.717, 1.165) is 6.07 Å². The Balaban J connectivity index is 1.54. The quantitative estimate of drug-likeness (QED) is 0.703. The SMILES string of the molecule is CCNS(=O)(=O)c1ccc(C(=O)N2CCC3(CC2)c2ccc(C(F)(F)F)n2CCN3C)cc1C. The Hall–Kier alpha value is -2.37. The minimum absolute atomic E-state index is 0.133. The van der Waals surface area contributed by atoms with Gasteiger partial charge in [-0.1, -0.05) is 6.92 Å². The average molecular weight is 499 g/mol. The van der Waals surface area contributed by atoms with Gasteiger partial charge in [0.2, 0.25) is 10.0 Å². The number of benzene rings is 1. The van der Waals surface area contributed by atoms with E-state index in [1.54, 1.807) is 30.9 Å². The summed E-state index contributed by atoms with van der Waals surface area (Å²) >= 11 is 0. The molecule has 11 heteroatoms. The highest BCUT2D eigenvalue weighted by Gasteiger charge is 2.47. The number of amides is 1. The number of likely N-dealkylation sites (tertiary alicyclic amines) is 1. The van der Waals surface area contributed by atoms with Crippen molar-refractivity contribution >= 4 is 15.9 Å². The van der Waals surface area contributed by atoms with Crippen molar-refractivity contribution in [3.05, 3.63) is 52.8 Å². The monoisotopic (exact) mass is 498 g/mol. The molecular weight excluding hydrogens is 469 g/mol. The van der Waals surface area contributed by atoms with Crippen LogP contribution in [0.2, 0.25) is 0 Å². The van der Waals surface area contributed by atoms with Crippen LogP contribution in [0.5, 0.6) is 0 Å². The van der Waals surface area contributed by atoms with Crippen LogP contribution in [-0.4, -0.2) is 61.9 Å². The van der Waals surface area contributed by atoms with Crippen LogP contribution < -0.4 is 4.72 Å². The summed E-state index contributed by atoms with van der Waals surface area (Å²) in [6, 6.07) is 7.25. The molecule has 2 aromatic rings. The van der Waals surface area contributed by atoms with Crippen LogP contribution in [0.15, 0.2) is 35.2 Å². The van der Waals surface area contributed by atoms with Crippen LogP contribution in [0.1, 0.15) is 47.1 Å². The topological polar surface area (TPSA) is 74.6 Å². The number of alkyl halides is 3. The van der Waals surface area contributed by atoms with Crippen LogP contribution in [0, 0.1) is 6.92 Å². The zero-order valence-electron chi connectivity index (χ0n) is 19.4. The smallest absolute Gasteiger partial charge is 0.338 e. The van der Waals surface area contributed by atoms with Gasteiger partial charge in [0, 0.05) is 44.0 Å². The number of sulfonamides is 1. The summed E-state index contributed by atoms with van der Waals surface area (Å²) in [5.74, 6) is -0.213. The van der Waals surface area contributed by atoms with Crippen LogP contribution >= 0.6 is 0 Å². The predicted octanol–water partition coefficient (Wildman–Crippen LogP) is 3.19. The fourth-order valence-electron chi connectivity index (χ4n) is 5.27. The van der Waals surface area contributed by atoms with Crippen molar-refractivity contribution in [1.82, 2.24) is 19.1 Å². The highest BCUT2D eigenvalue weighted by atomic mass is 32.2. The molecule has 1 N–H and O–H groups in total. The number of carbonyl (C=O) groups is 1. The van der Waals surface area contributed by atoms with Crippen molar-refractivity contribution in [3.8, 4) is 0 Å². The Labute approximate surface area is 197 Å². The lowest BCUT2D eigenvalue weighted by Gasteiger charge is -2.50.